The van der Waals surface area contributed by atoms with Crippen LogP contribution in [0, 0.1) is 0 Å². The third kappa shape index (κ3) is 6.31. The average Bonchev–Trinajstić information content (AvgIpc) is 2.58. The average molecular weight is 347 g/mol. The first-order valence-electron chi connectivity index (χ1n) is 8.65. The number of carboxylic acids is 1. The molecule has 1 rings (SSSR count). The first-order chi connectivity index (χ1) is 11.9. The lowest BCUT2D eigenvalue weighted by molar-refractivity contribution is -0.137. The Morgan fingerprint density at radius 2 is 2.12 bits per heavy atom. The number of nitrogens with zero attached hydrogens (tertiary/aromatic N) is 2. The minimum absolute atomic E-state index is 0.0291. The molecule has 0 aliphatic carbocycles. The third-order valence-corrected chi connectivity index (χ3v) is 4.16. The highest BCUT2D eigenvalue weighted by molar-refractivity contribution is 5.87. The van der Waals surface area contributed by atoms with Gasteiger partial charge in [0, 0.05) is 18.7 Å². The zero-order valence-corrected chi connectivity index (χ0v) is 15.3. The van der Waals surface area contributed by atoms with E-state index in [2.05, 4.69) is 23.5 Å². The van der Waals surface area contributed by atoms with Crippen molar-refractivity contribution in [3.05, 3.63) is 36.7 Å². The van der Waals surface area contributed by atoms with Gasteiger partial charge in [-0.2, -0.15) is 0 Å². The van der Waals surface area contributed by atoms with Crippen LogP contribution >= 0.6 is 0 Å². The molecule has 1 heterocycles. The number of nitrogens with one attached hydrogen (secondary N) is 1. The van der Waals surface area contributed by atoms with E-state index in [1.165, 1.54) is 0 Å². The normalized spacial score (nSPS) is 16.6. The summed E-state index contributed by atoms with van der Waals surface area (Å²) in [5, 5.41) is 11.8. The number of rotatable bonds is 10. The van der Waals surface area contributed by atoms with Crippen LogP contribution in [0.15, 0.2) is 41.7 Å². The summed E-state index contributed by atoms with van der Waals surface area (Å²) in [4.78, 5) is 29.9. The van der Waals surface area contributed by atoms with Crippen molar-refractivity contribution in [2.45, 2.75) is 51.5 Å². The van der Waals surface area contributed by atoms with E-state index in [0.29, 0.717) is 31.6 Å². The Kier molecular flexibility index (Phi) is 8.84. The van der Waals surface area contributed by atoms with Gasteiger partial charge in [-0.3, -0.25) is 14.5 Å². The lowest BCUT2D eigenvalue weighted by Gasteiger charge is -2.32. The van der Waals surface area contributed by atoms with Crippen LogP contribution in [-0.2, 0) is 9.59 Å². The molecule has 0 aromatic carbocycles. The molecule has 25 heavy (non-hydrogen) atoms. The number of hydrogen-bond donors (Lipinski definition) is 2. The van der Waals surface area contributed by atoms with Gasteiger partial charge in [0.25, 0.3) is 0 Å². The summed E-state index contributed by atoms with van der Waals surface area (Å²) >= 11 is 0. The van der Waals surface area contributed by atoms with Crippen LogP contribution < -0.4 is 5.32 Å². The quantitative estimate of drug-likeness (QED) is 0.470. The van der Waals surface area contributed by atoms with Gasteiger partial charge in [0.1, 0.15) is 5.82 Å². The van der Waals surface area contributed by atoms with E-state index in [1.54, 1.807) is 24.1 Å². The Bertz CT molecular complexity index is 578. The minimum Gasteiger partial charge on any atom is -0.481 e. The number of hydrogen-bond acceptors (Lipinski definition) is 4. The summed E-state index contributed by atoms with van der Waals surface area (Å²) in [5.41, 5.74) is 1.77. The van der Waals surface area contributed by atoms with Gasteiger partial charge < -0.3 is 10.4 Å². The van der Waals surface area contributed by atoms with E-state index in [0.717, 1.165) is 24.1 Å². The van der Waals surface area contributed by atoms with E-state index >= 15 is 0 Å². The monoisotopic (exact) mass is 347 g/mol. The van der Waals surface area contributed by atoms with Crippen LogP contribution in [0.4, 0.5) is 0 Å². The molecule has 0 saturated carbocycles. The van der Waals surface area contributed by atoms with Gasteiger partial charge in [-0.25, -0.2) is 4.99 Å². The largest absolute Gasteiger partial charge is 0.481 e. The van der Waals surface area contributed by atoms with E-state index in [-0.39, 0.29) is 18.4 Å². The summed E-state index contributed by atoms with van der Waals surface area (Å²) in [6.07, 6.45) is 6.96. The first kappa shape index (κ1) is 20.8. The molecule has 6 nitrogen and oxygen atoms in total. The molecule has 0 aromatic heterocycles. The van der Waals surface area contributed by atoms with Gasteiger partial charge in [-0.1, -0.05) is 18.7 Å². The lowest BCUT2D eigenvalue weighted by atomic mass is 10.0. The smallest absolute Gasteiger partial charge is 0.303 e. The molecule has 1 atom stereocenters. The molecule has 0 bridgehead atoms. The van der Waals surface area contributed by atoms with Crippen LogP contribution in [0.1, 0.15) is 45.4 Å². The van der Waals surface area contributed by atoms with Crippen LogP contribution in [-0.4, -0.2) is 47.2 Å². The second kappa shape index (κ2) is 10.6. The lowest BCUT2D eigenvalue weighted by Crippen LogP contribution is -2.46. The highest BCUT2D eigenvalue weighted by atomic mass is 16.4. The highest BCUT2D eigenvalue weighted by Crippen LogP contribution is 2.26. The van der Waals surface area contributed by atoms with Crippen molar-refractivity contribution < 1.29 is 14.7 Å². The van der Waals surface area contributed by atoms with Gasteiger partial charge in [0.15, 0.2) is 0 Å². The van der Waals surface area contributed by atoms with Crippen molar-refractivity contribution >= 4 is 17.6 Å². The van der Waals surface area contributed by atoms with Gasteiger partial charge in [0.05, 0.1) is 6.04 Å². The van der Waals surface area contributed by atoms with Crippen molar-refractivity contribution in [1.82, 2.24) is 10.2 Å². The van der Waals surface area contributed by atoms with E-state index in [4.69, 9.17) is 5.11 Å². The van der Waals surface area contributed by atoms with Crippen molar-refractivity contribution in [1.29, 1.82) is 0 Å². The van der Waals surface area contributed by atoms with Crippen molar-refractivity contribution in [2.75, 3.05) is 13.6 Å². The zero-order chi connectivity index (χ0) is 18.8. The number of aliphatic imine (C=N–C) groups is 1. The molecule has 0 fully saturated rings. The van der Waals surface area contributed by atoms with Gasteiger partial charge in [-0.15, -0.1) is 6.58 Å². The van der Waals surface area contributed by atoms with Crippen molar-refractivity contribution in [3.8, 4) is 0 Å². The summed E-state index contributed by atoms with van der Waals surface area (Å²) in [5.74, 6) is -0.198. The topological polar surface area (TPSA) is 82.0 Å². The number of amides is 1. The van der Waals surface area contributed by atoms with E-state index in [1.807, 2.05) is 6.92 Å². The van der Waals surface area contributed by atoms with Gasteiger partial charge in [-0.05, 0) is 51.6 Å². The number of aliphatic carboxylic acids is 1. The number of carboxylic acid groups (broad SMARTS) is 1. The van der Waals surface area contributed by atoms with Gasteiger partial charge >= 0.3 is 5.97 Å². The zero-order valence-electron chi connectivity index (χ0n) is 15.3. The Hall–Kier alpha value is -2.21. The summed E-state index contributed by atoms with van der Waals surface area (Å²) in [7, 11) is 1.76. The summed E-state index contributed by atoms with van der Waals surface area (Å²) < 4.78 is 0. The predicted octanol–water partition coefficient (Wildman–Crippen LogP) is 2.89. The first-order valence-corrected chi connectivity index (χ1v) is 8.65. The standard InChI is InChI=1S/C19H29N3O3/c1-5-9-16(20-4)19(25)22-13-8-11-15(6-2)18(22)21-14(3)10-7-12-17(23)24/h5-6,16,20H,1-2,7-13H2,3-4H3,(H,23,24). The van der Waals surface area contributed by atoms with E-state index < -0.39 is 5.97 Å². The highest BCUT2D eigenvalue weighted by Gasteiger charge is 2.28. The number of carbonyl (C=O) groups is 2. The fraction of sp³-hybridized carbons (Fsp3) is 0.526. The number of carbonyl (C=O) groups excluding carboxylic acids is 1. The Morgan fingerprint density at radius 1 is 1.40 bits per heavy atom. The fourth-order valence-corrected chi connectivity index (χ4v) is 2.79. The van der Waals surface area contributed by atoms with Crippen LogP contribution in [0.25, 0.3) is 0 Å². The van der Waals surface area contributed by atoms with Crippen LogP contribution in [0.2, 0.25) is 0 Å². The molecule has 1 aliphatic rings. The Labute approximate surface area is 150 Å². The SMILES string of the molecule is C=CCC(NC)C(=O)N1CCCC(C=C)=C1N=C(C)CCCC(=O)O. The Balaban J connectivity index is 3.03. The maximum Gasteiger partial charge on any atom is 0.303 e. The molecule has 1 unspecified atom stereocenters. The molecule has 0 aromatic rings. The molecular weight excluding hydrogens is 318 g/mol. The molecule has 0 saturated heterocycles. The second-order valence-corrected chi connectivity index (χ2v) is 6.11. The molecule has 138 valence electrons. The predicted molar refractivity (Wildman–Crippen MR) is 100 cm³/mol. The van der Waals surface area contributed by atoms with Crippen LogP contribution in [0.3, 0.4) is 0 Å². The third-order valence-electron chi connectivity index (χ3n) is 4.16. The summed E-state index contributed by atoms with van der Waals surface area (Å²) in [6.45, 7) is 10.0. The van der Waals surface area contributed by atoms with Crippen molar-refractivity contribution in [3.63, 3.8) is 0 Å². The minimum atomic E-state index is -0.811. The Morgan fingerprint density at radius 3 is 2.68 bits per heavy atom. The maximum atomic E-state index is 12.9. The van der Waals surface area contributed by atoms with Crippen molar-refractivity contribution in [2.24, 2.45) is 4.99 Å². The fourth-order valence-electron chi connectivity index (χ4n) is 2.79. The molecular formula is C19H29N3O3. The van der Waals surface area contributed by atoms with E-state index in [9.17, 15) is 9.59 Å². The van der Waals surface area contributed by atoms with Crippen LogP contribution in [0.5, 0.6) is 0 Å². The maximum absolute atomic E-state index is 12.9. The number of allylic oxidation sites excluding steroid dienone is 2. The molecule has 2 N–H and O–H groups in total. The molecule has 1 amide bonds. The molecule has 0 radical (unpaired) electrons. The van der Waals surface area contributed by atoms with Gasteiger partial charge in [0.2, 0.25) is 5.91 Å². The number of likely N-dealkylation sites (N-methyl/N-ethyl adjacent to an activating group) is 1. The second-order valence-electron chi connectivity index (χ2n) is 6.11. The molecule has 0 spiro atoms. The molecule has 1 aliphatic heterocycles. The molecule has 6 heteroatoms. The summed E-state index contributed by atoms with van der Waals surface area (Å²) in [6, 6.07) is -0.334.